The van der Waals surface area contributed by atoms with Gasteiger partial charge in [-0.2, -0.15) is 0 Å². The van der Waals surface area contributed by atoms with Gasteiger partial charge in [-0.15, -0.1) is 0 Å². The summed E-state index contributed by atoms with van der Waals surface area (Å²) in [7, 11) is 0. The molecule has 0 atom stereocenters. The van der Waals surface area contributed by atoms with E-state index in [1.54, 1.807) is 0 Å². The van der Waals surface area contributed by atoms with Crippen molar-refractivity contribution >= 4 is 86.5 Å². The van der Waals surface area contributed by atoms with E-state index in [2.05, 4.69) is 248 Å². The molecule has 5 nitrogen and oxygen atoms in total. The lowest BCUT2D eigenvalue weighted by atomic mass is 9.86. The second kappa shape index (κ2) is 19.7. The largest absolute Gasteiger partial charge is 0.436 e. The van der Waals surface area contributed by atoms with E-state index in [4.69, 9.17) is 19.4 Å². The lowest BCUT2D eigenvalue weighted by Crippen LogP contribution is -1.93. The highest BCUT2D eigenvalue weighted by Gasteiger charge is 2.19. The average Bonchev–Trinajstić information content (AvgIpc) is 2.10. The van der Waals surface area contributed by atoms with Crippen LogP contribution in [0.25, 0.3) is 176 Å². The van der Waals surface area contributed by atoms with Crippen molar-refractivity contribution in [1.29, 1.82) is 0 Å². The summed E-state index contributed by atoms with van der Waals surface area (Å²) in [4.78, 5) is 19.6. The molecule has 0 spiro atoms. The highest BCUT2D eigenvalue weighted by atomic mass is 16.3. The number of aromatic nitrogens is 4. The van der Waals surface area contributed by atoms with Crippen LogP contribution in [0.3, 0.4) is 0 Å². The molecule has 0 aliphatic heterocycles. The van der Waals surface area contributed by atoms with Gasteiger partial charge in [0.25, 0.3) is 0 Å². The van der Waals surface area contributed by atoms with Gasteiger partial charge < -0.3 is 4.42 Å². The fraction of sp³-hybridized carbons (Fsp3) is 0. The molecule has 0 bridgehead atoms. The summed E-state index contributed by atoms with van der Waals surface area (Å²) in [5.74, 6) is 1.27. The summed E-state index contributed by atoms with van der Waals surface area (Å²) in [5.41, 5.74) is 16.8. The maximum atomic E-state index is 6.27. The topological polar surface area (TPSA) is 64.7 Å². The second-order valence-electron chi connectivity index (χ2n) is 22.1. The molecule has 0 saturated carbocycles. The first-order valence-electron chi connectivity index (χ1n) is 28.8. The van der Waals surface area contributed by atoms with Crippen LogP contribution in [0.5, 0.6) is 0 Å². The van der Waals surface area contributed by atoms with Gasteiger partial charge in [0.15, 0.2) is 11.4 Å². The number of hydrogen-bond acceptors (Lipinski definition) is 5. The third-order valence-electron chi connectivity index (χ3n) is 17.2. The SMILES string of the molecule is c1cc(-c2cc(-c3cc4ccccc4c4ccc(-c5nccc(-c6ccc(-c7ccc(-c8cc(-c9ccc%10c(ccc%11ccccc%11%10)c9)cc9ccncc89)cc7)cc6)n5)cc34)c3c(ccc4ccccc43)c2)cc(-c2nc3ccccc3o2)c1. The fourth-order valence-electron chi connectivity index (χ4n) is 12.9. The van der Waals surface area contributed by atoms with Gasteiger partial charge in [-0.25, -0.2) is 15.0 Å². The molecular weight excluding hydrogens is 1030 g/mol. The summed E-state index contributed by atoms with van der Waals surface area (Å²) in [6.45, 7) is 0. The molecule has 0 fully saturated rings. The molecule has 0 N–H and O–H groups in total. The Kier molecular flexibility index (Phi) is 11.2. The molecule has 3 aromatic heterocycles. The maximum absolute atomic E-state index is 6.27. The van der Waals surface area contributed by atoms with Crippen molar-refractivity contribution in [2.24, 2.45) is 0 Å². The second-order valence-corrected chi connectivity index (χ2v) is 22.1. The Balaban J connectivity index is 0.715. The number of rotatable bonds is 8. The first-order valence-corrected chi connectivity index (χ1v) is 28.8. The molecule has 394 valence electrons. The monoisotopic (exact) mass is 1080 g/mol. The number of nitrogens with zero attached hydrogens (tertiary/aromatic N) is 4. The summed E-state index contributed by atoms with van der Waals surface area (Å²) < 4.78 is 6.27. The number of pyridine rings is 1. The Morgan fingerprint density at radius 1 is 0.271 bits per heavy atom. The molecule has 17 aromatic rings. The Morgan fingerprint density at radius 2 is 0.847 bits per heavy atom. The predicted molar refractivity (Wildman–Crippen MR) is 353 cm³/mol. The molecule has 0 amide bonds. The molecule has 0 aliphatic carbocycles. The van der Waals surface area contributed by atoms with Crippen molar-refractivity contribution in [3.05, 3.63) is 292 Å². The molecule has 14 aromatic carbocycles. The average molecular weight is 1080 g/mol. The number of hydrogen-bond donors (Lipinski definition) is 0. The van der Waals surface area contributed by atoms with E-state index in [0.717, 1.165) is 99.5 Å². The third-order valence-corrected chi connectivity index (χ3v) is 17.2. The van der Waals surface area contributed by atoms with E-state index in [1.165, 1.54) is 65.0 Å². The zero-order valence-electron chi connectivity index (χ0n) is 45.9. The molecular formula is C80H48N4O. The zero-order valence-corrected chi connectivity index (χ0v) is 45.9. The highest BCUT2D eigenvalue weighted by molar-refractivity contribution is 6.22. The minimum absolute atomic E-state index is 0.603. The Labute approximate surface area is 489 Å². The van der Waals surface area contributed by atoms with Crippen molar-refractivity contribution < 1.29 is 4.42 Å². The molecule has 85 heavy (non-hydrogen) atoms. The molecule has 5 heteroatoms. The predicted octanol–water partition coefficient (Wildman–Crippen LogP) is 21.4. The smallest absolute Gasteiger partial charge is 0.227 e. The lowest BCUT2D eigenvalue weighted by molar-refractivity contribution is 0.620. The van der Waals surface area contributed by atoms with Crippen molar-refractivity contribution in [3.63, 3.8) is 0 Å². The summed E-state index contributed by atoms with van der Waals surface area (Å²) in [5, 5.41) is 16.8. The van der Waals surface area contributed by atoms with Crippen molar-refractivity contribution in [2.45, 2.75) is 0 Å². The van der Waals surface area contributed by atoms with Gasteiger partial charge >= 0.3 is 0 Å². The highest BCUT2D eigenvalue weighted by Crippen LogP contribution is 2.45. The van der Waals surface area contributed by atoms with Crippen LogP contribution < -0.4 is 0 Å². The minimum atomic E-state index is 0.603. The van der Waals surface area contributed by atoms with Crippen LogP contribution >= 0.6 is 0 Å². The Morgan fingerprint density at radius 3 is 1.67 bits per heavy atom. The van der Waals surface area contributed by atoms with Gasteiger partial charge in [0.2, 0.25) is 5.89 Å². The number of oxazole rings is 1. The molecule has 17 rings (SSSR count). The molecule has 3 heterocycles. The van der Waals surface area contributed by atoms with Crippen LogP contribution in [0, 0.1) is 0 Å². The van der Waals surface area contributed by atoms with Crippen molar-refractivity contribution in [2.75, 3.05) is 0 Å². The van der Waals surface area contributed by atoms with E-state index < -0.39 is 0 Å². The normalized spacial score (nSPS) is 11.8. The fourth-order valence-corrected chi connectivity index (χ4v) is 12.9. The van der Waals surface area contributed by atoms with Gasteiger partial charge in [0.05, 0.1) is 5.69 Å². The first-order chi connectivity index (χ1) is 42.1. The Hall–Kier alpha value is -11.4. The van der Waals surface area contributed by atoms with Crippen LogP contribution in [0.15, 0.2) is 296 Å². The Bertz CT molecular complexity index is 5520. The summed E-state index contributed by atoms with van der Waals surface area (Å²) in [6, 6.07) is 98.4. The van der Waals surface area contributed by atoms with Gasteiger partial charge in [-0.3, -0.25) is 4.98 Å². The van der Waals surface area contributed by atoms with E-state index >= 15 is 0 Å². The van der Waals surface area contributed by atoms with Crippen LogP contribution in [0.2, 0.25) is 0 Å². The van der Waals surface area contributed by atoms with E-state index in [0.29, 0.717) is 11.7 Å². The van der Waals surface area contributed by atoms with E-state index in [-0.39, 0.29) is 0 Å². The first kappa shape index (κ1) is 48.3. The molecule has 0 saturated heterocycles. The zero-order chi connectivity index (χ0) is 56.0. The quantitative estimate of drug-likeness (QED) is 0.142. The standard InChI is InChI=1S/C80H48N4O/c1-4-15-65-51(10-1)26-30-58-40-56(32-34-67(58)65)63-42-59-36-38-81-48-74(59)70(46-63)53-24-20-49(21-25-53)50-22-28-54(29-23-50)75-37-39-82-79(83-75)61-33-35-69-66-16-5-3-12-57(66)44-72(71(69)45-61)73-47-64(43-60-31-27-52-11-2-6-17-68(52)78(60)73)55-13-9-14-62(41-55)80-84-76-18-7-8-19-77(76)85-80/h1-48H. The van der Waals surface area contributed by atoms with Crippen molar-refractivity contribution in [3.8, 4) is 89.7 Å². The number of para-hydroxylation sites is 2. The number of benzene rings is 14. The van der Waals surface area contributed by atoms with Gasteiger partial charge in [0, 0.05) is 40.7 Å². The van der Waals surface area contributed by atoms with Gasteiger partial charge in [-0.1, -0.05) is 194 Å². The van der Waals surface area contributed by atoms with E-state index in [1.807, 2.05) is 48.9 Å². The lowest BCUT2D eigenvalue weighted by Gasteiger charge is -2.17. The minimum Gasteiger partial charge on any atom is -0.436 e. The van der Waals surface area contributed by atoms with Crippen LogP contribution in [0.4, 0.5) is 0 Å². The van der Waals surface area contributed by atoms with Crippen molar-refractivity contribution in [1.82, 2.24) is 19.9 Å². The van der Waals surface area contributed by atoms with Gasteiger partial charge in [0.1, 0.15) is 5.52 Å². The van der Waals surface area contributed by atoms with Crippen LogP contribution in [0.1, 0.15) is 0 Å². The molecule has 0 radical (unpaired) electrons. The van der Waals surface area contributed by atoms with Crippen LogP contribution in [-0.4, -0.2) is 19.9 Å². The molecule has 0 aliphatic rings. The third kappa shape index (κ3) is 8.40. The molecule has 0 unspecified atom stereocenters. The number of fused-ring (bicyclic) bond motifs is 11. The maximum Gasteiger partial charge on any atom is 0.227 e. The summed E-state index contributed by atoms with van der Waals surface area (Å²) >= 11 is 0. The summed E-state index contributed by atoms with van der Waals surface area (Å²) in [6.07, 6.45) is 5.74. The van der Waals surface area contributed by atoms with E-state index in [9.17, 15) is 0 Å². The van der Waals surface area contributed by atoms with Crippen LogP contribution in [-0.2, 0) is 0 Å². The van der Waals surface area contributed by atoms with Gasteiger partial charge in [-0.05, 0) is 205 Å².